The summed E-state index contributed by atoms with van der Waals surface area (Å²) in [4.78, 5) is 24.3. The molecule has 1 aromatic heterocycles. The zero-order valence-electron chi connectivity index (χ0n) is 18.2. The number of nitrogens with two attached hydrogens (primary N) is 2. The Kier molecular flexibility index (Phi) is 5.33. The van der Waals surface area contributed by atoms with Gasteiger partial charge < -0.3 is 21.3 Å². The molecule has 0 radical (unpaired) electrons. The molecule has 1 aliphatic carbocycles. The quantitative estimate of drug-likeness (QED) is 0.632. The van der Waals surface area contributed by atoms with Gasteiger partial charge in [0.2, 0.25) is 5.88 Å². The number of carboxylic acid groups (broad SMARTS) is 1. The highest BCUT2D eigenvalue weighted by molar-refractivity contribution is 6.09. The maximum atomic E-state index is 11.0. The summed E-state index contributed by atoms with van der Waals surface area (Å²) in [6.07, 6.45) is 4.00. The highest BCUT2D eigenvalue weighted by atomic mass is 16.5. The van der Waals surface area contributed by atoms with Crippen molar-refractivity contribution in [3.8, 4) is 5.88 Å². The van der Waals surface area contributed by atoms with E-state index in [2.05, 4.69) is 16.0 Å². The van der Waals surface area contributed by atoms with Gasteiger partial charge in [-0.25, -0.2) is 9.98 Å². The Morgan fingerprint density at radius 3 is 2.55 bits per heavy atom. The molecule has 0 spiro atoms. The monoisotopic (exact) mass is 423 g/mol. The Morgan fingerprint density at radius 2 is 1.90 bits per heavy atom. The number of ether oxygens (including phenoxy) is 1. The van der Waals surface area contributed by atoms with Gasteiger partial charge in [0.15, 0.2) is 11.5 Å². The van der Waals surface area contributed by atoms with Crippen molar-refractivity contribution in [1.82, 2.24) is 9.97 Å². The molecule has 4 rings (SSSR count). The largest absolute Gasteiger partial charge is 0.481 e. The standard InChI is InChI=1S/C23H29N5O3/c1-12-26-21(25)19-22(27-12)31-23(2,3)20(28-19)15-8-9-16(17(24)11-15)14-6-4-13(5-7-14)10-18(29)30/h8-9,11,13-14H,4-7,10,24H2,1-3H3,(H,29,30)(H2,25,26,27)/t13-,14-. The molecule has 5 N–H and O–H groups in total. The molecule has 0 bridgehead atoms. The smallest absolute Gasteiger partial charge is 0.303 e. The lowest BCUT2D eigenvalue weighted by Crippen LogP contribution is -2.41. The Morgan fingerprint density at radius 1 is 1.19 bits per heavy atom. The normalized spacial score (nSPS) is 22.2. The van der Waals surface area contributed by atoms with Crippen LogP contribution >= 0.6 is 0 Å². The molecule has 1 saturated carbocycles. The number of aromatic nitrogens is 2. The molecule has 2 aliphatic rings. The molecule has 2 aromatic rings. The molecule has 0 atom stereocenters. The summed E-state index contributed by atoms with van der Waals surface area (Å²) in [7, 11) is 0. The summed E-state index contributed by atoms with van der Waals surface area (Å²) < 4.78 is 6.13. The fourth-order valence-electron chi connectivity index (χ4n) is 4.70. The van der Waals surface area contributed by atoms with Crippen molar-refractivity contribution in [3.05, 3.63) is 35.2 Å². The summed E-state index contributed by atoms with van der Waals surface area (Å²) in [5.41, 5.74) is 15.7. The Labute approximate surface area is 181 Å². The van der Waals surface area contributed by atoms with Gasteiger partial charge in [0.05, 0.1) is 5.71 Å². The second kappa shape index (κ2) is 7.83. The third-order valence-corrected chi connectivity index (χ3v) is 6.25. The number of aliphatic carboxylic acids is 1. The van der Waals surface area contributed by atoms with Gasteiger partial charge in [-0.05, 0) is 69.9 Å². The number of nitrogens with zero attached hydrogens (tertiary/aromatic N) is 3. The summed E-state index contributed by atoms with van der Waals surface area (Å²) in [6, 6.07) is 6.03. The lowest BCUT2D eigenvalue weighted by molar-refractivity contribution is -0.138. The van der Waals surface area contributed by atoms with Gasteiger partial charge in [0, 0.05) is 17.7 Å². The van der Waals surface area contributed by atoms with Crippen LogP contribution in [-0.4, -0.2) is 32.4 Å². The number of hydrogen-bond donors (Lipinski definition) is 3. The predicted molar refractivity (Wildman–Crippen MR) is 120 cm³/mol. The molecule has 1 aromatic carbocycles. The van der Waals surface area contributed by atoms with Gasteiger partial charge >= 0.3 is 5.97 Å². The van der Waals surface area contributed by atoms with Crippen LogP contribution < -0.4 is 16.2 Å². The topological polar surface area (TPSA) is 137 Å². The zero-order chi connectivity index (χ0) is 22.3. The van der Waals surface area contributed by atoms with E-state index < -0.39 is 11.6 Å². The van der Waals surface area contributed by atoms with E-state index in [9.17, 15) is 4.79 Å². The lowest BCUT2D eigenvalue weighted by atomic mass is 9.77. The Bertz CT molecular complexity index is 1060. The highest BCUT2D eigenvalue weighted by Gasteiger charge is 2.36. The van der Waals surface area contributed by atoms with Gasteiger partial charge in [-0.15, -0.1) is 0 Å². The fourth-order valence-corrected chi connectivity index (χ4v) is 4.70. The first-order valence-electron chi connectivity index (χ1n) is 10.7. The van der Waals surface area contributed by atoms with Crippen LogP contribution in [0.25, 0.3) is 0 Å². The van der Waals surface area contributed by atoms with Crippen LogP contribution in [0.4, 0.5) is 17.2 Å². The number of hydrogen-bond acceptors (Lipinski definition) is 7. The van der Waals surface area contributed by atoms with E-state index in [4.69, 9.17) is 26.3 Å². The maximum absolute atomic E-state index is 11.0. The molecule has 8 nitrogen and oxygen atoms in total. The minimum Gasteiger partial charge on any atom is -0.481 e. The van der Waals surface area contributed by atoms with Crippen molar-refractivity contribution in [3.63, 3.8) is 0 Å². The van der Waals surface area contributed by atoms with Crippen molar-refractivity contribution in [2.75, 3.05) is 11.5 Å². The van der Waals surface area contributed by atoms with Crippen LogP contribution in [0.5, 0.6) is 5.88 Å². The number of aliphatic imine (C=N–C) groups is 1. The van der Waals surface area contributed by atoms with E-state index in [0.29, 0.717) is 29.1 Å². The fraction of sp³-hybridized carbons (Fsp3) is 0.478. The first-order valence-corrected chi connectivity index (χ1v) is 10.7. The van der Waals surface area contributed by atoms with Crippen molar-refractivity contribution < 1.29 is 14.6 Å². The maximum Gasteiger partial charge on any atom is 0.303 e. The second-order valence-electron chi connectivity index (χ2n) is 9.04. The molecule has 8 heteroatoms. The van der Waals surface area contributed by atoms with Gasteiger partial charge in [-0.2, -0.15) is 4.98 Å². The third kappa shape index (κ3) is 4.19. The van der Waals surface area contributed by atoms with E-state index in [0.717, 1.165) is 48.2 Å². The Hall–Kier alpha value is -3.16. The van der Waals surface area contributed by atoms with Crippen molar-refractivity contribution in [1.29, 1.82) is 0 Å². The third-order valence-electron chi connectivity index (χ3n) is 6.25. The highest BCUT2D eigenvalue weighted by Crippen LogP contribution is 2.42. The Balaban J connectivity index is 1.60. The molecule has 2 heterocycles. The summed E-state index contributed by atoms with van der Waals surface area (Å²) in [5.74, 6) is 1.12. The summed E-state index contributed by atoms with van der Waals surface area (Å²) in [6.45, 7) is 5.65. The average molecular weight is 424 g/mol. The number of anilines is 2. The lowest BCUT2D eigenvalue weighted by Gasteiger charge is -2.33. The van der Waals surface area contributed by atoms with Gasteiger partial charge in [-0.3, -0.25) is 4.79 Å². The predicted octanol–water partition coefficient (Wildman–Crippen LogP) is 3.99. The minimum atomic E-state index is -0.715. The zero-order valence-corrected chi connectivity index (χ0v) is 18.2. The van der Waals surface area contributed by atoms with Crippen LogP contribution in [0.1, 0.15) is 68.8 Å². The molecule has 1 fully saturated rings. The number of rotatable bonds is 4. The van der Waals surface area contributed by atoms with Crippen LogP contribution in [0.3, 0.4) is 0 Å². The number of carbonyl (C=O) groups is 1. The number of carboxylic acids is 1. The van der Waals surface area contributed by atoms with Crippen molar-refractivity contribution in [2.45, 2.75) is 64.4 Å². The molecule has 0 amide bonds. The van der Waals surface area contributed by atoms with Crippen LogP contribution in [0, 0.1) is 12.8 Å². The molecule has 0 unspecified atom stereocenters. The molecule has 0 saturated heterocycles. The van der Waals surface area contributed by atoms with Crippen LogP contribution in [0.15, 0.2) is 23.2 Å². The second-order valence-corrected chi connectivity index (χ2v) is 9.04. The molecule has 31 heavy (non-hydrogen) atoms. The van der Waals surface area contributed by atoms with E-state index in [1.54, 1.807) is 6.92 Å². The van der Waals surface area contributed by atoms with Crippen molar-refractivity contribution in [2.24, 2.45) is 10.9 Å². The SMILES string of the molecule is Cc1nc(N)c2c(n1)OC(C)(C)C(c1ccc([C@H]3CC[C@H](CC(=O)O)CC3)c(N)c1)=N2. The van der Waals surface area contributed by atoms with Gasteiger partial charge in [0.1, 0.15) is 11.4 Å². The minimum absolute atomic E-state index is 0.254. The van der Waals surface area contributed by atoms with Crippen LogP contribution in [0.2, 0.25) is 0 Å². The average Bonchev–Trinajstić information content (AvgIpc) is 2.67. The van der Waals surface area contributed by atoms with E-state index in [-0.39, 0.29) is 12.3 Å². The van der Waals surface area contributed by atoms with Crippen molar-refractivity contribution >= 4 is 28.9 Å². The molecular formula is C23H29N5O3. The first-order chi connectivity index (χ1) is 14.6. The van der Waals surface area contributed by atoms with E-state index in [1.165, 1.54) is 0 Å². The number of fused-ring (bicyclic) bond motifs is 1. The van der Waals surface area contributed by atoms with Gasteiger partial charge in [-0.1, -0.05) is 12.1 Å². The number of benzene rings is 1. The van der Waals surface area contributed by atoms with E-state index in [1.807, 2.05) is 26.0 Å². The van der Waals surface area contributed by atoms with E-state index >= 15 is 0 Å². The molecular weight excluding hydrogens is 394 g/mol. The number of aryl methyl sites for hydroxylation is 1. The number of nitrogen functional groups attached to an aromatic ring is 2. The van der Waals surface area contributed by atoms with Crippen LogP contribution in [-0.2, 0) is 4.79 Å². The summed E-state index contributed by atoms with van der Waals surface area (Å²) >= 11 is 0. The molecule has 164 valence electrons. The summed E-state index contributed by atoms with van der Waals surface area (Å²) in [5, 5.41) is 9.02. The first kappa shape index (κ1) is 21.1. The molecule has 1 aliphatic heterocycles. The van der Waals surface area contributed by atoms with Gasteiger partial charge in [0.25, 0.3) is 0 Å².